The van der Waals surface area contributed by atoms with E-state index >= 15 is 0 Å². The molecule has 0 aliphatic heterocycles. The van der Waals surface area contributed by atoms with Crippen molar-refractivity contribution in [3.63, 3.8) is 0 Å². The van der Waals surface area contributed by atoms with Gasteiger partial charge in [0.15, 0.2) is 5.65 Å². The summed E-state index contributed by atoms with van der Waals surface area (Å²) in [6, 6.07) is 1.25. The lowest BCUT2D eigenvalue weighted by molar-refractivity contribution is -0.148. The van der Waals surface area contributed by atoms with Crippen LogP contribution in [0.25, 0.3) is 11.2 Å². The maximum atomic E-state index is 12.8. The first-order chi connectivity index (χ1) is 8.79. The van der Waals surface area contributed by atoms with E-state index in [0.717, 1.165) is 4.57 Å². The number of carbonyl (C=O) groups is 1. The van der Waals surface area contributed by atoms with Crippen LogP contribution in [-0.4, -0.2) is 25.6 Å². The van der Waals surface area contributed by atoms with E-state index in [1.807, 2.05) is 0 Å². The maximum Gasteiger partial charge on any atom is 0.449 e. The second-order valence-corrected chi connectivity index (χ2v) is 4.16. The Bertz CT molecular complexity index is 639. The molecule has 0 radical (unpaired) electrons. The highest BCUT2D eigenvalue weighted by Gasteiger charge is 2.38. The summed E-state index contributed by atoms with van der Waals surface area (Å²) in [5.74, 6) is -2.39. The molecule has 5 nitrogen and oxygen atoms in total. The molecule has 102 valence electrons. The van der Waals surface area contributed by atoms with Gasteiger partial charge in [-0.15, -0.1) is 0 Å². The van der Waals surface area contributed by atoms with Crippen LogP contribution in [0.4, 0.5) is 13.2 Å². The second-order valence-electron chi connectivity index (χ2n) is 3.72. The van der Waals surface area contributed by atoms with Crippen LogP contribution in [0.5, 0.6) is 0 Å². The number of aliphatic carboxylic acids is 1. The molecule has 0 aromatic carbocycles. The number of hydrogen-bond acceptors (Lipinski definition) is 3. The Kier molecular flexibility index (Phi) is 3.36. The topological polar surface area (TPSA) is 68.0 Å². The van der Waals surface area contributed by atoms with Gasteiger partial charge in [-0.25, -0.2) is 9.97 Å². The molecule has 2 rings (SSSR count). The molecular formula is C10H7ClF3N3O2. The fourth-order valence-corrected chi connectivity index (χ4v) is 1.77. The molecule has 0 fully saturated rings. The molecule has 2 heterocycles. The van der Waals surface area contributed by atoms with E-state index in [2.05, 4.69) is 9.97 Å². The summed E-state index contributed by atoms with van der Waals surface area (Å²) in [7, 11) is 0. The normalized spacial score (nSPS) is 12.0. The summed E-state index contributed by atoms with van der Waals surface area (Å²) in [4.78, 5) is 17.7. The number of imidazole rings is 1. The molecule has 2 aromatic heterocycles. The fraction of sp³-hybridized carbons (Fsp3) is 0.300. The van der Waals surface area contributed by atoms with Gasteiger partial charge in [0.25, 0.3) is 0 Å². The van der Waals surface area contributed by atoms with Gasteiger partial charge in [-0.3, -0.25) is 4.79 Å². The molecule has 0 amide bonds. The first-order valence-corrected chi connectivity index (χ1v) is 5.47. The predicted octanol–water partition coefficient (Wildman–Crippen LogP) is 2.58. The third-order valence-electron chi connectivity index (χ3n) is 2.35. The number of carboxylic acid groups (broad SMARTS) is 1. The maximum absolute atomic E-state index is 12.8. The molecule has 0 atom stereocenters. The highest BCUT2D eigenvalue weighted by molar-refractivity contribution is 6.31. The van der Waals surface area contributed by atoms with Gasteiger partial charge in [0, 0.05) is 12.7 Å². The molecule has 2 aromatic rings. The number of rotatable bonds is 3. The molecule has 0 unspecified atom stereocenters. The molecule has 19 heavy (non-hydrogen) atoms. The van der Waals surface area contributed by atoms with E-state index < -0.39 is 24.4 Å². The van der Waals surface area contributed by atoms with Gasteiger partial charge in [0.1, 0.15) is 5.52 Å². The van der Waals surface area contributed by atoms with Gasteiger partial charge in [-0.05, 0) is 6.07 Å². The van der Waals surface area contributed by atoms with E-state index in [-0.39, 0.29) is 22.7 Å². The van der Waals surface area contributed by atoms with E-state index in [9.17, 15) is 18.0 Å². The third-order valence-corrected chi connectivity index (χ3v) is 2.56. The Labute approximate surface area is 109 Å². The Morgan fingerprint density at radius 1 is 1.47 bits per heavy atom. The Balaban J connectivity index is 2.58. The van der Waals surface area contributed by atoms with E-state index in [0.29, 0.717) is 0 Å². The van der Waals surface area contributed by atoms with Gasteiger partial charge in [-0.1, -0.05) is 11.6 Å². The summed E-state index contributed by atoms with van der Waals surface area (Å²) in [5.41, 5.74) is -0.0665. The zero-order valence-corrected chi connectivity index (χ0v) is 10.0. The van der Waals surface area contributed by atoms with Crippen molar-refractivity contribution in [2.45, 2.75) is 19.1 Å². The van der Waals surface area contributed by atoms with Gasteiger partial charge in [-0.2, -0.15) is 13.2 Å². The Hall–Kier alpha value is -1.83. The van der Waals surface area contributed by atoms with Crippen molar-refractivity contribution in [1.29, 1.82) is 0 Å². The van der Waals surface area contributed by atoms with Crippen LogP contribution in [0.15, 0.2) is 12.3 Å². The molecule has 0 aliphatic carbocycles. The summed E-state index contributed by atoms with van der Waals surface area (Å²) in [6.45, 7) is -0.366. The molecule has 9 heteroatoms. The molecular weight excluding hydrogens is 287 g/mol. The zero-order valence-electron chi connectivity index (χ0n) is 9.28. The fourth-order valence-electron chi connectivity index (χ4n) is 1.62. The molecule has 0 saturated carbocycles. The van der Waals surface area contributed by atoms with Gasteiger partial charge >= 0.3 is 12.1 Å². The van der Waals surface area contributed by atoms with E-state index in [1.54, 1.807) is 0 Å². The largest absolute Gasteiger partial charge is 0.481 e. The van der Waals surface area contributed by atoms with Crippen molar-refractivity contribution >= 4 is 28.7 Å². The van der Waals surface area contributed by atoms with Crippen molar-refractivity contribution in [2.75, 3.05) is 0 Å². The number of nitrogens with zero attached hydrogens (tertiary/aromatic N) is 3. The summed E-state index contributed by atoms with van der Waals surface area (Å²) in [6.07, 6.45) is -3.96. The molecule has 0 saturated heterocycles. The molecule has 0 spiro atoms. The monoisotopic (exact) mass is 293 g/mol. The summed E-state index contributed by atoms with van der Waals surface area (Å²) >= 11 is 5.63. The average molecular weight is 294 g/mol. The minimum atomic E-state index is -4.69. The van der Waals surface area contributed by atoms with Crippen LogP contribution in [0, 0.1) is 0 Å². The van der Waals surface area contributed by atoms with Gasteiger partial charge in [0.2, 0.25) is 5.82 Å². The van der Waals surface area contributed by atoms with Crippen molar-refractivity contribution < 1.29 is 23.1 Å². The third kappa shape index (κ3) is 2.78. The lowest BCUT2D eigenvalue weighted by atomic mass is 10.4. The zero-order chi connectivity index (χ0) is 14.2. The van der Waals surface area contributed by atoms with Crippen LogP contribution < -0.4 is 0 Å². The first kappa shape index (κ1) is 13.6. The number of carboxylic acids is 1. The van der Waals surface area contributed by atoms with Crippen LogP contribution in [-0.2, 0) is 17.5 Å². The highest BCUT2D eigenvalue weighted by Crippen LogP contribution is 2.31. The van der Waals surface area contributed by atoms with Crippen molar-refractivity contribution in [3.8, 4) is 0 Å². The standard InChI is InChI=1S/C10H7ClF3N3O2/c11-5-3-6-8(15-4-5)17(2-1-7(18)19)9(16-6)10(12,13)14/h3-4H,1-2H2,(H,18,19). The Morgan fingerprint density at radius 3 is 2.74 bits per heavy atom. The first-order valence-electron chi connectivity index (χ1n) is 5.10. The number of aryl methyl sites for hydroxylation is 1. The summed E-state index contributed by atoms with van der Waals surface area (Å²) in [5, 5.41) is 8.72. The minimum absolute atomic E-state index is 0.0230. The van der Waals surface area contributed by atoms with Crippen molar-refractivity contribution in [1.82, 2.24) is 14.5 Å². The van der Waals surface area contributed by atoms with Crippen LogP contribution in [0.2, 0.25) is 5.02 Å². The number of aromatic nitrogens is 3. The number of alkyl halides is 3. The number of hydrogen-bond donors (Lipinski definition) is 1. The predicted molar refractivity (Wildman–Crippen MR) is 59.8 cm³/mol. The van der Waals surface area contributed by atoms with Crippen LogP contribution in [0.1, 0.15) is 12.2 Å². The quantitative estimate of drug-likeness (QED) is 0.944. The van der Waals surface area contributed by atoms with Gasteiger partial charge < -0.3 is 9.67 Å². The number of fused-ring (bicyclic) bond motifs is 1. The molecule has 0 aliphatic rings. The average Bonchev–Trinajstić information content (AvgIpc) is 2.63. The second kappa shape index (κ2) is 4.69. The van der Waals surface area contributed by atoms with E-state index in [1.165, 1.54) is 12.3 Å². The lowest BCUT2D eigenvalue weighted by Gasteiger charge is -2.09. The Morgan fingerprint density at radius 2 is 2.16 bits per heavy atom. The number of halogens is 4. The number of pyridine rings is 1. The minimum Gasteiger partial charge on any atom is -0.481 e. The van der Waals surface area contributed by atoms with Crippen molar-refractivity contribution in [3.05, 3.63) is 23.1 Å². The SMILES string of the molecule is O=C(O)CCn1c(C(F)(F)F)nc2cc(Cl)cnc21. The van der Waals surface area contributed by atoms with Crippen LogP contribution in [0.3, 0.4) is 0 Å². The van der Waals surface area contributed by atoms with Gasteiger partial charge in [0.05, 0.1) is 11.4 Å². The smallest absolute Gasteiger partial charge is 0.449 e. The highest BCUT2D eigenvalue weighted by atomic mass is 35.5. The van der Waals surface area contributed by atoms with Crippen LogP contribution >= 0.6 is 11.6 Å². The molecule has 0 bridgehead atoms. The van der Waals surface area contributed by atoms with E-state index in [4.69, 9.17) is 16.7 Å². The van der Waals surface area contributed by atoms with Crippen molar-refractivity contribution in [2.24, 2.45) is 0 Å². The summed E-state index contributed by atoms with van der Waals surface area (Å²) < 4.78 is 39.2. The lowest BCUT2D eigenvalue weighted by Crippen LogP contribution is -2.16. The molecule has 1 N–H and O–H groups in total.